The van der Waals surface area contributed by atoms with E-state index in [1.807, 2.05) is 0 Å². The average Bonchev–Trinajstić information content (AvgIpc) is 2.11. The highest BCUT2D eigenvalue weighted by molar-refractivity contribution is 6.31. The molecular formula is C12H16ClFN2. The molecule has 0 spiro atoms. The van der Waals surface area contributed by atoms with E-state index in [1.54, 1.807) is 0 Å². The summed E-state index contributed by atoms with van der Waals surface area (Å²) in [5.41, 5.74) is 6.92. The summed E-state index contributed by atoms with van der Waals surface area (Å²) in [6, 6.07) is 3.15. The topological polar surface area (TPSA) is 38.0 Å². The molecule has 0 saturated heterocycles. The van der Waals surface area contributed by atoms with Crippen molar-refractivity contribution < 1.29 is 4.39 Å². The third-order valence-electron chi connectivity index (χ3n) is 3.33. The molecule has 1 saturated carbocycles. The molecule has 2 rings (SSSR count). The Morgan fingerprint density at radius 2 is 2.19 bits per heavy atom. The van der Waals surface area contributed by atoms with E-state index < -0.39 is 5.82 Å². The normalized spacial score (nSPS) is 17.9. The van der Waals surface area contributed by atoms with Gasteiger partial charge >= 0.3 is 0 Å². The quantitative estimate of drug-likeness (QED) is 0.794. The minimum atomic E-state index is -0.431. The predicted molar refractivity (Wildman–Crippen MR) is 66.2 cm³/mol. The third-order valence-corrected chi connectivity index (χ3v) is 3.62. The first-order chi connectivity index (χ1) is 7.58. The Morgan fingerprint density at radius 1 is 1.50 bits per heavy atom. The lowest BCUT2D eigenvalue weighted by Crippen LogP contribution is -2.31. The minimum Gasteiger partial charge on any atom is -0.397 e. The largest absolute Gasteiger partial charge is 0.397 e. The van der Waals surface area contributed by atoms with Gasteiger partial charge in [-0.25, -0.2) is 4.39 Å². The number of anilines is 2. The molecule has 1 unspecified atom stereocenters. The molecule has 4 heteroatoms. The molecule has 16 heavy (non-hydrogen) atoms. The molecule has 1 aliphatic rings. The number of rotatable bonds is 3. The van der Waals surface area contributed by atoms with E-state index in [9.17, 15) is 4.39 Å². The number of hydrogen-bond donors (Lipinski definition) is 2. The van der Waals surface area contributed by atoms with Gasteiger partial charge in [0.05, 0.1) is 16.4 Å². The van der Waals surface area contributed by atoms with Gasteiger partial charge in [-0.2, -0.15) is 0 Å². The van der Waals surface area contributed by atoms with Crippen LogP contribution < -0.4 is 11.1 Å². The standard InChI is InChI=1S/C12H16ClFN2/c1-7(8-3-2-4-8)16-12-6-10(14)9(13)5-11(12)15/h5-8,16H,2-4,15H2,1H3. The maximum absolute atomic E-state index is 13.3. The zero-order chi connectivity index (χ0) is 11.7. The first-order valence-electron chi connectivity index (χ1n) is 5.59. The van der Waals surface area contributed by atoms with Crippen LogP contribution in [0, 0.1) is 11.7 Å². The highest BCUT2D eigenvalue weighted by atomic mass is 35.5. The summed E-state index contributed by atoms with van der Waals surface area (Å²) in [4.78, 5) is 0. The first kappa shape index (κ1) is 11.5. The number of nitrogens with one attached hydrogen (secondary N) is 1. The molecule has 1 atom stereocenters. The SMILES string of the molecule is CC(Nc1cc(F)c(Cl)cc1N)C1CCC1. The Labute approximate surface area is 100.0 Å². The number of nitrogens with two attached hydrogens (primary N) is 1. The third kappa shape index (κ3) is 2.24. The molecule has 88 valence electrons. The van der Waals surface area contributed by atoms with Gasteiger partial charge in [-0.15, -0.1) is 0 Å². The number of hydrogen-bond acceptors (Lipinski definition) is 2. The lowest BCUT2D eigenvalue weighted by Gasteiger charge is -2.32. The molecule has 1 aromatic rings. The van der Waals surface area contributed by atoms with E-state index in [-0.39, 0.29) is 5.02 Å². The molecular weight excluding hydrogens is 227 g/mol. The molecule has 0 radical (unpaired) electrons. The summed E-state index contributed by atoms with van der Waals surface area (Å²) in [5, 5.41) is 3.33. The number of nitrogen functional groups attached to an aromatic ring is 1. The van der Waals surface area contributed by atoms with Crippen molar-refractivity contribution in [3.63, 3.8) is 0 Å². The van der Waals surface area contributed by atoms with Crippen LogP contribution >= 0.6 is 11.6 Å². The zero-order valence-corrected chi connectivity index (χ0v) is 10.0. The maximum Gasteiger partial charge on any atom is 0.143 e. The molecule has 1 fully saturated rings. The van der Waals surface area contributed by atoms with Gasteiger partial charge in [0.1, 0.15) is 5.82 Å². The van der Waals surface area contributed by atoms with Crippen molar-refractivity contribution in [1.82, 2.24) is 0 Å². The lowest BCUT2D eigenvalue weighted by molar-refractivity contribution is 0.285. The summed E-state index contributed by atoms with van der Waals surface area (Å²) in [5.74, 6) is 0.248. The molecule has 3 N–H and O–H groups in total. The summed E-state index contributed by atoms with van der Waals surface area (Å²) in [6.07, 6.45) is 3.77. The van der Waals surface area contributed by atoms with Crippen molar-refractivity contribution in [2.24, 2.45) is 5.92 Å². The van der Waals surface area contributed by atoms with Crippen LogP contribution in [0.4, 0.5) is 15.8 Å². The predicted octanol–water partition coefficient (Wildman–Crippen LogP) is 3.66. The van der Waals surface area contributed by atoms with Crippen molar-refractivity contribution in [1.29, 1.82) is 0 Å². The van der Waals surface area contributed by atoms with Crippen molar-refractivity contribution in [3.8, 4) is 0 Å². The summed E-state index contributed by atoms with van der Waals surface area (Å²) < 4.78 is 13.3. The van der Waals surface area contributed by atoms with E-state index in [1.165, 1.54) is 31.4 Å². The van der Waals surface area contributed by atoms with E-state index in [0.29, 0.717) is 23.3 Å². The van der Waals surface area contributed by atoms with Crippen LogP contribution in [-0.2, 0) is 0 Å². The molecule has 0 heterocycles. The van der Waals surface area contributed by atoms with E-state index in [0.717, 1.165) is 0 Å². The van der Waals surface area contributed by atoms with Crippen molar-refractivity contribution in [3.05, 3.63) is 23.0 Å². The minimum absolute atomic E-state index is 0.0688. The molecule has 0 bridgehead atoms. The summed E-state index contributed by atoms with van der Waals surface area (Å²) in [6.45, 7) is 2.11. The van der Waals surface area contributed by atoms with Gasteiger partial charge < -0.3 is 11.1 Å². The van der Waals surface area contributed by atoms with Crippen LogP contribution in [0.1, 0.15) is 26.2 Å². The van der Waals surface area contributed by atoms with Gasteiger partial charge in [0.2, 0.25) is 0 Å². The van der Waals surface area contributed by atoms with E-state index in [2.05, 4.69) is 12.2 Å². The van der Waals surface area contributed by atoms with Crippen molar-refractivity contribution in [2.45, 2.75) is 32.2 Å². The van der Waals surface area contributed by atoms with Gasteiger partial charge in [-0.1, -0.05) is 18.0 Å². The second kappa shape index (κ2) is 4.50. The van der Waals surface area contributed by atoms with Crippen LogP contribution in [0.25, 0.3) is 0 Å². The lowest BCUT2D eigenvalue weighted by atomic mass is 9.80. The smallest absolute Gasteiger partial charge is 0.143 e. The highest BCUT2D eigenvalue weighted by Crippen LogP contribution is 2.33. The second-order valence-electron chi connectivity index (χ2n) is 4.48. The van der Waals surface area contributed by atoms with Crippen LogP contribution in [0.2, 0.25) is 5.02 Å². The van der Waals surface area contributed by atoms with Gasteiger partial charge in [-0.3, -0.25) is 0 Å². The first-order valence-corrected chi connectivity index (χ1v) is 5.97. The van der Waals surface area contributed by atoms with E-state index >= 15 is 0 Å². The fourth-order valence-corrected chi connectivity index (χ4v) is 2.16. The molecule has 0 aliphatic heterocycles. The van der Waals surface area contributed by atoms with Gasteiger partial charge in [0.15, 0.2) is 0 Å². The molecule has 1 aliphatic carbocycles. The van der Waals surface area contributed by atoms with Crippen molar-refractivity contribution >= 4 is 23.0 Å². The summed E-state index contributed by atoms with van der Waals surface area (Å²) in [7, 11) is 0. The van der Waals surface area contributed by atoms with Crippen LogP contribution in [0.15, 0.2) is 12.1 Å². The molecule has 2 nitrogen and oxygen atoms in total. The Balaban J connectivity index is 2.11. The monoisotopic (exact) mass is 242 g/mol. The Bertz CT molecular complexity index is 391. The van der Waals surface area contributed by atoms with Gasteiger partial charge in [-0.05, 0) is 31.7 Å². The van der Waals surface area contributed by atoms with Crippen LogP contribution in [0.3, 0.4) is 0 Å². The Kier molecular flexibility index (Phi) is 3.24. The molecule has 1 aromatic carbocycles. The van der Waals surface area contributed by atoms with E-state index in [4.69, 9.17) is 17.3 Å². The Morgan fingerprint density at radius 3 is 2.75 bits per heavy atom. The van der Waals surface area contributed by atoms with Crippen LogP contribution in [0.5, 0.6) is 0 Å². The zero-order valence-electron chi connectivity index (χ0n) is 9.26. The number of halogens is 2. The van der Waals surface area contributed by atoms with Crippen molar-refractivity contribution in [2.75, 3.05) is 11.1 Å². The fraction of sp³-hybridized carbons (Fsp3) is 0.500. The second-order valence-corrected chi connectivity index (χ2v) is 4.88. The molecule has 0 amide bonds. The van der Waals surface area contributed by atoms with Crippen LogP contribution in [-0.4, -0.2) is 6.04 Å². The average molecular weight is 243 g/mol. The highest BCUT2D eigenvalue weighted by Gasteiger charge is 2.24. The van der Waals surface area contributed by atoms with Gasteiger partial charge in [0.25, 0.3) is 0 Å². The summed E-state index contributed by atoms with van der Waals surface area (Å²) >= 11 is 5.64. The Hall–Kier alpha value is -0.960. The maximum atomic E-state index is 13.3. The number of benzene rings is 1. The fourth-order valence-electron chi connectivity index (χ4n) is 1.99. The molecule has 0 aromatic heterocycles. The van der Waals surface area contributed by atoms with Gasteiger partial charge in [0, 0.05) is 12.1 Å².